The molecule has 0 aliphatic heterocycles. The first kappa shape index (κ1) is 16.5. The standard InChI is InChI=1S/C16H21ClF3N/c1-15(2)8-3-4-11(7-9-15)21-12-5-6-14(17)13(10-12)16(18,19)20/h5-6,10-11,21H,3-4,7-9H2,1-2H3. The van der Waals surface area contributed by atoms with E-state index in [0.29, 0.717) is 11.1 Å². The molecule has 0 amide bonds. The zero-order valence-electron chi connectivity index (χ0n) is 12.4. The van der Waals surface area contributed by atoms with Gasteiger partial charge in [0.05, 0.1) is 10.6 Å². The van der Waals surface area contributed by atoms with Gasteiger partial charge in [-0.1, -0.05) is 31.9 Å². The van der Waals surface area contributed by atoms with Crippen LogP contribution in [-0.4, -0.2) is 6.04 Å². The molecule has 0 radical (unpaired) electrons. The van der Waals surface area contributed by atoms with Crippen LogP contribution in [0.15, 0.2) is 18.2 Å². The Labute approximate surface area is 128 Å². The lowest BCUT2D eigenvalue weighted by Crippen LogP contribution is -2.19. The molecule has 0 spiro atoms. The predicted octanol–water partition coefficient (Wildman–Crippen LogP) is 6.13. The Balaban J connectivity index is 2.10. The van der Waals surface area contributed by atoms with Crippen LogP contribution in [0.3, 0.4) is 0 Å². The van der Waals surface area contributed by atoms with Crippen LogP contribution in [0.1, 0.15) is 51.5 Å². The zero-order chi connectivity index (χ0) is 15.7. The Morgan fingerprint density at radius 3 is 2.57 bits per heavy atom. The molecule has 1 fully saturated rings. The molecule has 1 aromatic carbocycles. The smallest absolute Gasteiger partial charge is 0.382 e. The molecule has 2 rings (SSSR count). The highest BCUT2D eigenvalue weighted by Gasteiger charge is 2.33. The number of benzene rings is 1. The van der Waals surface area contributed by atoms with Gasteiger partial charge in [-0.15, -0.1) is 0 Å². The average Bonchev–Trinajstić information content (AvgIpc) is 2.52. The van der Waals surface area contributed by atoms with Crippen LogP contribution in [0.25, 0.3) is 0 Å². The molecule has 1 aliphatic carbocycles. The summed E-state index contributed by atoms with van der Waals surface area (Å²) >= 11 is 5.64. The molecule has 1 nitrogen and oxygen atoms in total. The van der Waals surface area contributed by atoms with Gasteiger partial charge in [-0.3, -0.25) is 0 Å². The third-order valence-corrected chi connectivity index (χ3v) is 4.55. The monoisotopic (exact) mass is 319 g/mol. The highest BCUT2D eigenvalue weighted by atomic mass is 35.5. The van der Waals surface area contributed by atoms with Gasteiger partial charge in [-0.05, 0) is 49.3 Å². The number of nitrogens with one attached hydrogen (secondary N) is 1. The fourth-order valence-corrected chi connectivity index (χ4v) is 3.10. The Hall–Kier alpha value is -0.900. The van der Waals surface area contributed by atoms with Crippen molar-refractivity contribution in [3.63, 3.8) is 0 Å². The second-order valence-corrected chi connectivity index (χ2v) is 7.04. The number of halogens is 4. The van der Waals surface area contributed by atoms with Crippen LogP contribution in [0.2, 0.25) is 5.02 Å². The summed E-state index contributed by atoms with van der Waals surface area (Å²) in [5.41, 5.74) is 0.0487. The number of rotatable bonds is 2. The van der Waals surface area contributed by atoms with Crippen LogP contribution < -0.4 is 5.32 Å². The van der Waals surface area contributed by atoms with Gasteiger partial charge in [-0.25, -0.2) is 0 Å². The molecule has 118 valence electrons. The van der Waals surface area contributed by atoms with E-state index in [1.165, 1.54) is 12.5 Å². The molecule has 5 heteroatoms. The van der Waals surface area contributed by atoms with Gasteiger partial charge < -0.3 is 5.32 Å². The normalized spacial score (nSPS) is 22.7. The van der Waals surface area contributed by atoms with Gasteiger partial charge in [0.1, 0.15) is 0 Å². The van der Waals surface area contributed by atoms with Gasteiger partial charge >= 0.3 is 6.18 Å². The van der Waals surface area contributed by atoms with Crippen LogP contribution >= 0.6 is 11.6 Å². The Kier molecular flexibility index (Phi) is 4.76. The van der Waals surface area contributed by atoms with E-state index >= 15 is 0 Å². The van der Waals surface area contributed by atoms with Gasteiger partial charge in [0.2, 0.25) is 0 Å². The summed E-state index contributed by atoms with van der Waals surface area (Å²) in [5, 5.41) is 2.99. The van der Waals surface area contributed by atoms with E-state index in [2.05, 4.69) is 19.2 Å². The quantitative estimate of drug-likeness (QED) is 0.646. The number of hydrogen-bond donors (Lipinski definition) is 1. The van der Waals surface area contributed by atoms with Gasteiger partial charge in [0.15, 0.2) is 0 Å². The molecule has 1 unspecified atom stereocenters. The van der Waals surface area contributed by atoms with Crippen molar-refractivity contribution in [2.24, 2.45) is 5.41 Å². The van der Waals surface area contributed by atoms with Crippen LogP contribution in [0.5, 0.6) is 0 Å². The van der Waals surface area contributed by atoms with E-state index in [9.17, 15) is 13.2 Å². The fraction of sp³-hybridized carbons (Fsp3) is 0.625. The Bertz CT molecular complexity index is 497. The van der Waals surface area contributed by atoms with E-state index in [4.69, 9.17) is 11.6 Å². The summed E-state index contributed by atoms with van der Waals surface area (Å²) in [7, 11) is 0. The minimum absolute atomic E-state index is 0.231. The van der Waals surface area contributed by atoms with Crippen LogP contribution in [0, 0.1) is 5.41 Å². The van der Waals surface area contributed by atoms with E-state index < -0.39 is 11.7 Å². The van der Waals surface area contributed by atoms with Crippen molar-refractivity contribution >= 4 is 17.3 Å². The maximum atomic E-state index is 12.9. The molecule has 1 aliphatic rings. The highest BCUT2D eigenvalue weighted by molar-refractivity contribution is 6.31. The van der Waals surface area contributed by atoms with Crippen LogP contribution in [-0.2, 0) is 6.18 Å². The molecule has 21 heavy (non-hydrogen) atoms. The SMILES string of the molecule is CC1(C)CCCC(Nc2ccc(Cl)c(C(F)(F)F)c2)CC1. The molecule has 1 saturated carbocycles. The molecular formula is C16H21ClF3N. The van der Waals surface area contributed by atoms with Crippen molar-refractivity contribution in [3.05, 3.63) is 28.8 Å². The first-order valence-electron chi connectivity index (χ1n) is 7.31. The van der Waals surface area contributed by atoms with E-state index in [1.807, 2.05) is 0 Å². The third kappa shape index (κ3) is 4.53. The molecule has 1 aromatic rings. The summed E-state index contributed by atoms with van der Waals surface area (Å²) in [5.74, 6) is 0. The summed E-state index contributed by atoms with van der Waals surface area (Å²) in [6.07, 6.45) is 0.916. The molecule has 0 heterocycles. The van der Waals surface area contributed by atoms with Gasteiger partial charge in [0, 0.05) is 11.7 Å². The number of anilines is 1. The lowest BCUT2D eigenvalue weighted by Gasteiger charge is -2.22. The maximum Gasteiger partial charge on any atom is 0.417 e. The first-order chi connectivity index (χ1) is 9.67. The van der Waals surface area contributed by atoms with Gasteiger partial charge in [-0.2, -0.15) is 13.2 Å². The highest BCUT2D eigenvalue weighted by Crippen LogP contribution is 2.38. The van der Waals surface area contributed by atoms with Crippen molar-refractivity contribution in [1.82, 2.24) is 0 Å². The summed E-state index contributed by atoms with van der Waals surface area (Å²) < 4.78 is 38.6. The topological polar surface area (TPSA) is 12.0 Å². The predicted molar refractivity (Wildman–Crippen MR) is 80.7 cm³/mol. The average molecular weight is 320 g/mol. The van der Waals surface area contributed by atoms with Gasteiger partial charge in [0.25, 0.3) is 0 Å². The first-order valence-corrected chi connectivity index (χ1v) is 7.68. The minimum atomic E-state index is -4.42. The van der Waals surface area contributed by atoms with Crippen molar-refractivity contribution in [2.45, 2.75) is 58.2 Å². The molecule has 0 aromatic heterocycles. The molecule has 1 N–H and O–H groups in total. The Morgan fingerprint density at radius 2 is 1.90 bits per heavy atom. The Morgan fingerprint density at radius 1 is 1.19 bits per heavy atom. The number of hydrogen-bond acceptors (Lipinski definition) is 1. The lowest BCUT2D eigenvalue weighted by atomic mass is 9.85. The second-order valence-electron chi connectivity index (χ2n) is 6.63. The minimum Gasteiger partial charge on any atom is -0.382 e. The van der Waals surface area contributed by atoms with E-state index in [-0.39, 0.29) is 11.1 Å². The van der Waals surface area contributed by atoms with Crippen molar-refractivity contribution in [1.29, 1.82) is 0 Å². The van der Waals surface area contributed by atoms with Crippen molar-refractivity contribution < 1.29 is 13.2 Å². The summed E-state index contributed by atoms with van der Waals surface area (Å²) in [6, 6.07) is 4.27. The van der Waals surface area contributed by atoms with E-state index in [1.54, 1.807) is 6.07 Å². The fourth-order valence-electron chi connectivity index (χ4n) is 2.87. The third-order valence-electron chi connectivity index (χ3n) is 4.22. The second kappa shape index (κ2) is 6.07. The largest absolute Gasteiger partial charge is 0.417 e. The van der Waals surface area contributed by atoms with Crippen molar-refractivity contribution in [2.75, 3.05) is 5.32 Å². The number of alkyl halides is 3. The maximum absolute atomic E-state index is 12.9. The molecular weight excluding hydrogens is 299 g/mol. The summed E-state index contributed by atoms with van der Waals surface area (Å²) in [6.45, 7) is 4.50. The molecule has 1 atom stereocenters. The van der Waals surface area contributed by atoms with Crippen molar-refractivity contribution in [3.8, 4) is 0 Å². The zero-order valence-corrected chi connectivity index (χ0v) is 13.1. The molecule has 0 bridgehead atoms. The molecule has 0 saturated heterocycles. The summed E-state index contributed by atoms with van der Waals surface area (Å²) in [4.78, 5) is 0. The van der Waals surface area contributed by atoms with E-state index in [0.717, 1.165) is 31.7 Å². The lowest BCUT2D eigenvalue weighted by molar-refractivity contribution is -0.137. The van der Waals surface area contributed by atoms with Crippen LogP contribution in [0.4, 0.5) is 18.9 Å².